The van der Waals surface area contributed by atoms with Crippen LogP contribution in [-0.4, -0.2) is 24.5 Å². The largest absolute Gasteiger partial charge is 0.497 e. The average Bonchev–Trinajstić information content (AvgIpc) is 2.84. The first-order valence-corrected chi connectivity index (χ1v) is 11.0. The van der Waals surface area contributed by atoms with Gasteiger partial charge in [-0.05, 0) is 54.5 Å². The van der Waals surface area contributed by atoms with E-state index in [-0.39, 0.29) is 17.2 Å². The van der Waals surface area contributed by atoms with Gasteiger partial charge in [0.05, 0.1) is 24.2 Å². The van der Waals surface area contributed by atoms with E-state index in [0.29, 0.717) is 17.8 Å². The summed E-state index contributed by atoms with van der Waals surface area (Å²) in [5, 5.41) is 2.61. The summed E-state index contributed by atoms with van der Waals surface area (Å²) in [5.74, 6) is -0.104. The predicted octanol–water partition coefficient (Wildman–Crippen LogP) is 5.05. The minimum absolute atomic E-state index is 0.0416. The minimum Gasteiger partial charge on any atom is -0.497 e. The van der Waals surface area contributed by atoms with E-state index < -0.39 is 5.91 Å². The number of allylic oxidation sites excluding steroid dienone is 4. The summed E-state index contributed by atoms with van der Waals surface area (Å²) >= 11 is 0. The first kappa shape index (κ1) is 26.1. The maximum absolute atomic E-state index is 12.7. The molecule has 0 unspecified atom stereocenters. The van der Waals surface area contributed by atoms with Gasteiger partial charge in [0.25, 0.3) is 5.91 Å². The van der Waals surface area contributed by atoms with Crippen molar-refractivity contribution in [3.8, 4) is 5.75 Å². The molecule has 0 saturated heterocycles. The Bertz CT molecular complexity index is 1130. The molecule has 0 atom stereocenters. The SMILES string of the molecule is C=C\C=C(/N=C(\C=C(/N)C(=O)N/C(=C/c1ccccc1)C(C)=O)CCC)c1ccc(OC)cc1. The third-order valence-electron chi connectivity index (χ3n) is 4.75. The number of ether oxygens (including phenoxy) is 1. The topological polar surface area (TPSA) is 93.8 Å². The summed E-state index contributed by atoms with van der Waals surface area (Å²) < 4.78 is 5.22. The smallest absolute Gasteiger partial charge is 0.271 e. The number of Topliss-reactive ketones (excluding diaryl/α,β-unsaturated/α-hetero) is 1. The van der Waals surface area contributed by atoms with Gasteiger partial charge in [-0.3, -0.25) is 14.6 Å². The fraction of sp³-hybridized carbons (Fsp3) is 0.179. The number of nitrogens with one attached hydrogen (secondary N) is 1. The average molecular weight is 458 g/mol. The lowest BCUT2D eigenvalue weighted by Gasteiger charge is -2.09. The lowest BCUT2D eigenvalue weighted by molar-refractivity contribution is -0.119. The van der Waals surface area contributed by atoms with Gasteiger partial charge >= 0.3 is 0 Å². The van der Waals surface area contributed by atoms with Crippen LogP contribution in [0.1, 0.15) is 37.8 Å². The molecule has 176 valence electrons. The van der Waals surface area contributed by atoms with Gasteiger partial charge in [-0.15, -0.1) is 0 Å². The molecule has 0 bridgehead atoms. The van der Waals surface area contributed by atoms with Crippen LogP contribution < -0.4 is 15.8 Å². The van der Waals surface area contributed by atoms with Gasteiger partial charge in [0.15, 0.2) is 5.78 Å². The molecular weight excluding hydrogens is 426 g/mol. The quantitative estimate of drug-likeness (QED) is 0.280. The number of hydrogen-bond donors (Lipinski definition) is 2. The van der Waals surface area contributed by atoms with Gasteiger partial charge < -0.3 is 15.8 Å². The molecule has 34 heavy (non-hydrogen) atoms. The van der Waals surface area contributed by atoms with Gasteiger partial charge in [0.2, 0.25) is 0 Å². The Morgan fingerprint density at radius 3 is 2.35 bits per heavy atom. The number of ketones is 1. The number of aliphatic imine (C=N–C) groups is 1. The third-order valence-corrected chi connectivity index (χ3v) is 4.75. The molecule has 6 nitrogen and oxygen atoms in total. The molecule has 0 fully saturated rings. The van der Waals surface area contributed by atoms with E-state index >= 15 is 0 Å². The number of methoxy groups -OCH3 is 1. The Morgan fingerprint density at radius 2 is 1.79 bits per heavy atom. The van der Waals surface area contributed by atoms with E-state index in [1.165, 1.54) is 6.92 Å². The highest BCUT2D eigenvalue weighted by atomic mass is 16.5. The Labute approximate surface area is 201 Å². The second-order valence-electron chi connectivity index (χ2n) is 7.45. The summed E-state index contributed by atoms with van der Waals surface area (Å²) in [6.45, 7) is 7.18. The van der Waals surface area contributed by atoms with Crippen molar-refractivity contribution in [3.05, 3.63) is 102 Å². The van der Waals surface area contributed by atoms with Crippen LogP contribution in [0.2, 0.25) is 0 Å². The molecule has 0 aliphatic carbocycles. The zero-order valence-electron chi connectivity index (χ0n) is 19.9. The summed E-state index contributed by atoms with van der Waals surface area (Å²) in [6, 6.07) is 16.7. The van der Waals surface area contributed by atoms with E-state index in [1.807, 2.05) is 61.5 Å². The van der Waals surface area contributed by atoms with Crippen LogP contribution in [0.4, 0.5) is 0 Å². The molecule has 0 spiro atoms. The Morgan fingerprint density at radius 1 is 1.12 bits per heavy atom. The van der Waals surface area contributed by atoms with Crippen LogP contribution in [0.25, 0.3) is 11.8 Å². The summed E-state index contributed by atoms with van der Waals surface area (Å²) in [5.41, 5.74) is 9.19. The number of carbonyl (C=O) groups excluding carboxylic acids is 2. The summed E-state index contributed by atoms with van der Waals surface area (Å²) in [6.07, 6.45) is 8.01. The van der Waals surface area contributed by atoms with Crippen LogP contribution in [0.3, 0.4) is 0 Å². The highest BCUT2D eigenvalue weighted by Gasteiger charge is 2.13. The molecule has 2 rings (SSSR count). The highest BCUT2D eigenvalue weighted by molar-refractivity contribution is 6.08. The number of hydrogen-bond acceptors (Lipinski definition) is 5. The summed E-state index contributed by atoms with van der Waals surface area (Å²) in [7, 11) is 1.61. The molecule has 0 radical (unpaired) electrons. The number of rotatable bonds is 11. The molecule has 0 aliphatic rings. The van der Waals surface area contributed by atoms with Crippen molar-refractivity contribution >= 4 is 29.2 Å². The second kappa shape index (κ2) is 13.4. The molecule has 3 N–H and O–H groups in total. The molecule has 6 heteroatoms. The van der Waals surface area contributed by atoms with Crippen molar-refractivity contribution in [3.63, 3.8) is 0 Å². The second-order valence-corrected chi connectivity index (χ2v) is 7.45. The van der Waals surface area contributed by atoms with Gasteiger partial charge in [0.1, 0.15) is 5.75 Å². The van der Waals surface area contributed by atoms with Gasteiger partial charge in [-0.25, -0.2) is 0 Å². The van der Waals surface area contributed by atoms with E-state index in [4.69, 9.17) is 15.5 Å². The Hall–Kier alpha value is -4.19. The van der Waals surface area contributed by atoms with Crippen molar-refractivity contribution in [2.45, 2.75) is 26.7 Å². The van der Waals surface area contributed by atoms with E-state index in [0.717, 1.165) is 23.3 Å². The van der Waals surface area contributed by atoms with Crippen LogP contribution >= 0.6 is 0 Å². The zero-order chi connectivity index (χ0) is 24.9. The van der Waals surface area contributed by atoms with Crippen molar-refractivity contribution in [2.24, 2.45) is 10.7 Å². The van der Waals surface area contributed by atoms with E-state index in [2.05, 4.69) is 11.9 Å². The van der Waals surface area contributed by atoms with Crippen molar-refractivity contribution in [1.82, 2.24) is 5.32 Å². The highest BCUT2D eigenvalue weighted by Crippen LogP contribution is 2.21. The number of nitrogens with zero attached hydrogens (tertiary/aromatic N) is 1. The first-order valence-electron chi connectivity index (χ1n) is 11.0. The minimum atomic E-state index is -0.570. The number of amides is 1. The van der Waals surface area contributed by atoms with E-state index in [1.54, 1.807) is 31.4 Å². The molecule has 0 aliphatic heterocycles. The van der Waals surface area contributed by atoms with Gasteiger partial charge in [-0.2, -0.15) is 0 Å². The standard InChI is InChI=1S/C28H31N3O3/c1-5-10-23(30-26(11-6-2)22-14-16-24(34-4)17-15-22)19-25(29)28(33)31-27(20(3)32)18-21-12-8-7-9-13-21/h6-9,11-19H,2,5,10,29H2,1,3-4H3,(H,31,33)/b25-19-,26-11-,27-18+,30-23-. The van der Waals surface area contributed by atoms with Crippen LogP contribution in [0.5, 0.6) is 5.75 Å². The fourth-order valence-electron chi connectivity index (χ4n) is 3.02. The van der Waals surface area contributed by atoms with Crippen molar-refractivity contribution in [1.29, 1.82) is 0 Å². The van der Waals surface area contributed by atoms with Crippen molar-refractivity contribution < 1.29 is 14.3 Å². The molecule has 0 aromatic heterocycles. The molecule has 0 heterocycles. The zero-order valence-corrected chi connectivity index (χ0v) is 19.9. The summed E-state index contributed by atoms with van der Waals surface area (Å²) in [4.78, 5) is 29.5. The van der Waals surface area contributed by atoms with Gasteiger partial charge in [-0.1, -0.05) is 56.3 Å². The normalized spacial score (nSPS) is 12.8. The number of carbonyl (C=O) groups is 2. The van der Waals surface area contributed by atoms with Crippen LogP contribution in [0.15, 0.2) is 95.8 Å². The third kappa shape index (κ3) is 8.06. The lowest BCUT2D eigenvalue weighted by atomic mass is 10.1. The lowest BCUT2D eigenvalue weighted by Crippen LogP contribution is -2.31. The molecule has 0 saturated carbocycles. The Kier molecular flexibility index (Phi) is 10.3. The van der Waals surface area contributed by atoms with Crippen LogP contribution in [0, 0.1) is 0 Å². The van der Waals surface area contributed by atoms with Gasteiger partial charge in [0, 0.05) is 18.2 Å². The first-order chi connectivity index (χ1) is 16.4. The Balaban J connectivity index is 2.32. The van der Waals surface area contributed by atoms with E-state index in [9.17, 15) is 9.59 Å². The molecular formula is C28H31N3O3. The molecule has 1 amide bonds. The monoisotopic (exact) mass is 457 g/mol. The van der Waals surface area contributed by atoms with Crippen LogP contribution in [-0.2, 0) is 9.59 Å². The number of benzene rings is 2. The molecule has 2 aromatic rings. The molecule has 2 aromatic carbocycles. The number of nitrogens with two attached hydrogens (primary N) is 1. The van der Waals surface area contributed by atoms with Crippen molar-refractivity contribution in [2.75, 3.05) is 7.11 Å². The maximum Gasteiger partial charge on any atom is 0.271 e. The maximum atomic E-state index is 12.7. The fourth-order valence-corrected chi connectivity index (χ4v) is 3.02. The predicted molar refractivity (Wildman–Crippen MR) is 139 cm³/mol.